The molecule has 0 fully saturated rings. The van der Waals surface area contributed by atoms with Gasteiger partial charge in [0, 0.05) is 42.5 Å². The van der Waals surface area contributed by atoms with Crippen molar-refractivity contribution in [3.8, 4) is 28.3 Å². The lowest BCUT2D eigenvalue weighted by Crippen LogP contribution is -2.26. The van der Waals surface area contributed by atoms with Gasteiger partial charge in [-0.3, -0.25) is 14.1 Å². The highest BCUT2D eigenvalue weighted by molar-refractivity contribution is 5.79. The van der Waals surface area contributed by atoms with Crippen molar-refractivity contribution in [1.82, 2.24) is 39.3 Å². The molecule has 9 heteroatoms. The Morgan fingerprint density at radius 1 is 1.03 bits per heavy atom. The van der Waals surface area contributed by atoms with Crippen LogP contribution in [-0.2, 0) is 26.4 Å². The van der Waals surface area contributed by atoms with Crippen molar-refractivity contribution in [3.63, 3.8) is 0 Å². The van der Waals surface area contributed by atoms with E-state index in [1.54, 1.807) is 4.57 Å². The van der Waals surface area contributed by atoms with Crippen molar-refractivity contribution in [3.05, 3.63) is 88.5 Å². The van der Waals surface area contributed by atoms with E-state index in [0.29, 0.717) is 12.4 Å². The lowest BCUT2D eigenvalue weighted by atomic mass is 10.0. The van der Waals surface area contributed by atoms with Crippen molar-refractivity contribution >= 4 is 0 Å². The molecule has 1 aromatic carbocycles. The van der Waals surface area contributed by atoms with Crippen molar-refractivity contribution < 1.29 is 0 Å². The highest BCUT2D eigenvalue weighted by Crippen LogP contribution is 2.29. The highest BCUT2D eigenvalue weighted by atomic mass is 16.1. The van der Waals surface area contributed by atoms with E-state index in [-0.39, 0.29) is 5.69 Å². The Labute approximate surface area is 209 Å². The Morgan fingerprint density at radius 2 is 1.86 bits per heavy atom. The second-order valence-corrected chi connectivity index (χ2v) is 8.93. The largest absolute Gasteiger partial charge is 0.337 e. The summed E-state index contributed by atoms with van der Waals surface area (Å²) < 4.78 is 5.67. The summed E-state index contributed by atoms with van der Waals surface area (Å²) in [6, 6.07) is 14.0. The summed E-state index contributed by atoms with van der Waals surface area (Å²) in [5.74, 6) is 1.54. The van der Waals surface area contributed by atoms with Crippen molar-refractivity contribution in [2.75, 3.05) is 0 Å². The van der Waals surface area contributed by atoms with E-state index in [1.165, 1.54) is 0 Å². The summed E-state index contributed by atoms with van der Waals surface area (Å²) in [6.45, 7) is 4.70. The summed E-state index contributed by atoms with van der Waals surface area (Å²) in [5, 5.41) is 14.3. The van der Waals surface area contributed by atoms with E-state index >= 15 is 0 Å². The molecule has 5 aromatic rings. The zero-order valence-electron chi connectivity index (χ0n) is 20.8. The van der Waals surface area contributed by atoms with Crippen molar-refractivity contribution in [2.24, 2.45) is 7.05 Å². The number of imidazole rings is 1. The summed E-state index contributed by atoms with van der Waals surface area (Å²) >= 11 is 0. The van der Waals surface area contributed by atoms with Crippen LogP contribution < -0.4 is 5.69 Å². The standard InChI is InChI=1S/C27H30N8O/c1-4-6-9-22-18-35(26-19(5-2)14-15-33(26)3)27(36)34(22)17-21-13-12-20(16-28-21)23-10-7-8-11-24(23)25-29-31-32-30-25/h7-8,10-16,18H,4-6,9,17H2,1-3H3,(H,29,30,31,32). The Balaban J connectivity index is 1.48. The van der Waals surface area contributed by atoms with Gasteiger partial charge in [0.15, 0.2) is 5.82 Å². The fourth-order valence-corrected chi connectivity index (χ4v) is 4.63. The van der Waals surface area contributed by atoms with Crippen LogP contribution in [0.3, 0.4) is 0 Å². The number of nitrogens with zero attached hydrogens (tertiary/aromatic N) is 7. The third-order valence-electron chi connectivity index (χ3n) is 6.56. The first kappa shape index (κ1) is 23.5. The van der Waals surface area contributed by atoms with Crippen molar-refractivity contribution in [1.29, 1.82) is 0 Å². The van der Waals surface area contributed by atoms with Gasteiger partial charge in [-0.15, -0.1) is 5.10 Å². The van der Waals surface area contributed by atoms with Gasteiger partial charge in [-0.1, -0.05) is 50.6 Å². The number of aromatic amines is 1. The maximum Gasteiger partial charge on any atom is 0.334 e. The first-order chi connectivity index (χ1) is 17.6. The Morgan fingerprint density at radius 3 is 2.56 bits per heavy atom. The van der Waals surface area contributed by atoms with Gasteiger partial charge in [0.25, 0.3) is 0 Å². The van der Waals surface area contributed by atoms with Crippen LogP contribution in [0.4, 0.5) is 0 Å². The van der Waals surface area contributed by atoms with Gasteiger partial charge in [0.05, 0.1) is 12.2 Å². The number of hydrogen-bond acceptors (Lipinski definition) is 5. The van der Waals surface area contributed by atoms with Crippen LogP contribution in [-0.4, -0.2) is 39.3 Å². The lowest BCUT2D eigenvalue weighted by Gasteiger charge is -2.09. The number of hydrogen-bond donors (Lipinski definition) is 1. The van der Waals surface area contributed by atoms with Gasteiger partial charge in [-0.25, -0.2) is 9.89 Å². The Kier molecular flexibility index (Phi) is 6.62. The minimum Gasteiger partial charge on any atom is -0.337 e. The molecule has 0 spiro atoms. The van der Waals surface area contributed by atoms with Gasteiger partial charge in [-0.2, -0.15) is 0 Å². The molecule has 184 valence electrons. The predicted octanol–water partition coefficient (Wildman–Crippen LogP) is 4.17. The number of H-pyrrole nitrogens is 1. The first-order valence-corrected chi connectivity index (χ1v) is 12.3. The first-order valence-electron chi connectivity index (χ1n) is 12.3. The normalized spacial score (nSPS) is 11.3. The van der Waals surface area contributed by atoms with Gasteiger partial charge in [0.2, 0.25) is 0 Å². The number of tetrazole rings is 1. The maximum absolute atomic E-state index is 13.6. The van der Waals surface area contributed by atoms with E-state index in [9.17, 15) is 4.79 Å². The zero-order valence-corrected chi connectivity index (χ0v) is 20.8. The molecule has 36 heavy (non-hydrogen) atoms. The maximum atomic E-state index is 13.6. The molecule has 9 nitrogen and oxygen atoms in total. The number of aromatic nitrogens is 8. The average Bonchev–Trinajstić information content (AvgIpc) is 3.64. The van der Waals surface area contributed by atoms with Crippen LogP contribution in [0.25, 0.3) is 28.3 Å². The van der Waals surface area contributed by atoms with Crippen LogP contribution in [0.1, 0.15) is 43.6 Å². The van der Waals surface area contributed by atoms with Crippen LogP contribution in [0.15, 0.2) is 65.8 Å². The molecule has 0 aliphatic heterocycles. The third kappa shape index (κ3) is 4.39. The van der Waals surface area contributed by atoms with E-state index < -0.39 is 0 Å². The van der Waals surface area contributed by atoms with Crippen molar-refractivity contribution in [2.45, 2.75) is 46.1 Å². The monoisotopic (exact) mass is 482 g/mol. The summed E-state index contributed by atoms with van der Waals surface area (Å²) in [4.78, 5) is 18.3. The van der Waals surface area contributed by atoms with Gasteiger partial charge >= 0.3 is 5.69 Å². The van der Waals surface area contributed by atoms with E-state index in [4.69, 9.17) is 4.98 Å². The molecule has 1 N–H and O–H groups in total. The van der Waals surface area contributed by atoms with E-state index in [1.807, 2.05) is 71.2 Å². The quantitative estimate of drug-likeness (QED) is 0.340. The van der Waals surface area contributed by atoms with Gasteiger partial charge in [-0.05, 0) is 52.9 Å². The molecular formula is C27H30N8O. The molecule has 0 atom stereocenters. The molecule has 4 heterocycles. The summed E-state index contributed by atoms with van der Waals surface area (Å²) in [6.07, 6.45) is 9.67. The Bertz CT molecular complexity index is 1510. The van der Waals surface area contributed by atoms with E-state index in [0.717, 1.165) is 65.1 Å². The summed E-state index contributed by atoms with van der Waals surface area (Å²) in [7, 11) is 1.98. The fourth-order valence-electron chi connectivity index (χ4n) is 4.63. The third-order valence-corrected chi connectivity index (χ3v) is 6.56. The summed E-state index contributed by atoms with van der Waals surface area (Å²) in [5.41, 5.74) is 5.82. The molecular weight excluding hydrogens is 452 g/mol. The van der Waals surface area contributed by atoms with Gasteiger partial charge in [0.1, 0.15) is 5.82 Å². The molecule has 0 saturated carbocycles. The average molecular weight is 483 g/mol. The molecule has 0 amide bonds. The molecule has 0 aliphatic carbocycles. The van der Waals surface area contributed by atoms with Crippen LogP contribution >= 0.6 is 0 Å². The second kappa shape index (κ2) is 10.2. The Hall–Kier alpha value is -4.27. The number of aryl methyl sites for hydroxylation is 3. The highest BCUT2D eigenvalue weighted by Gasteiger charge is 2.17. The fraction of sp³-hybridized carbons (Fsp3) is 0.296. The zero-order chi connectivity index (χ0) is 25.1. The number of nitrogens with one attached hydrogen (secondary N) is 1. The topological polar surface area (TPSA) is 99.2 Å². The molecule has 0 bridgehead atoms. The predicted molar refractivity (Wildman–Crippen MR) is 139 cm³/mol. The van der Waals surface area contributed by atoms with E-state index in [2.05, 4.69) is 40.5 Å². The van der Waals surface area contributed by atoms with Crippen LogP contribution in [0.2, 0.25) is 0 Å². The molecule has 0 radical (unpaired) electrons. The molecule has 4 aromatic heterocycles. The van der Waals surface area contributed by atoms with Crippen LogP contribution in [0, 0.1) is 0 Å². The minimum atomic E-state index is -0.0355. The lowest BCUT2D eigenvalue weighted by molar-refractivity contribution is 0.661. The molecule has 0 unspecified atom stereocenters. The smallest absolute Gasteiger partial charge is 0.334 e. The van der Waals surface area contributed by atoms with Crippen LogP contribution in [0.5, 0.6) is 0 Å². The number of rotatable bonds is 9. The number of pyridine rings is 1. The molecule has 5 rings (SSSR count). The number of benzene rings is 1. The minimum absolute atomic E-state index is 0.0355. The number of unbranched alkanes of at least 4 members (excludes halogenated alkanes) is 1. The second-order valence-electron chi connectivity index (χ2n) is 8.93. The SMILES string of the molecule is CCCCc1cn(-c2c(CC)ccn2C)c(=O)n1Cc1ccc(-c2ccccc2-c2nnn[nH]2)cn1. The molecule has 0 saturated heterocycles. The van der Waals surface area contributed by atoms with Gasteiger partial charge < -0.3 is 4.57 Å². The molecule has 0 aliphatic rings.